The molecule has 39 heavy (non-hydrogen) atoms. The SMILES string of the molecule is CC1CN(C(=O)c2ccc(Nc3ncc4c(n3)-c3ccc(Cl)cc3C(c3ccccc3F)=NC4)cc2)CCN1. The molecule has 0 bridgehead atoms. The van der Waals surface area contributed by atoms with Gasteiger partial charge < -0.3 is 15.5 Å². The Bertz CT molecular complexity index is 1590. The molecule has 2 aliphatic heterocycles. The minimum atomic E-state index is -0.352. The number of rotatable bonds is 4. The van der Waals surface area contributed by atoms with E-state index in [1.165, 1.54) is 6.07 Å². The number of amides is 1. The van der Waals surface area contributed by atoms with Crippen molar-refractivity contribution >= 4 is 34.9 Å². The molecule has 0 radical (unpaired) electrons. The average molecular weight is 541 g/mol. The molecule has 1 atom stereocenters. The van der Waals surface area contributed by atoms with Gasteiger partial charge in [0.1, 0.15) is 5.82 Å². The minimum Gasteiger partial charge on any atom is -0.336 e. The second kappa shape index (κ2) is 10.6. The maximum absolute atomic E-state index is 14.8. The molecule has 4 aromatic rings. The summed E-state index contributed by atoms with van der Waals surface area (Å²) < 4.78 is 14.8. The van der Waals surface area contributed by atoms with Crippen molar-refractivity contribution in [3.05, 3.63) is 106 Å². The standard InChI is InChI=1S/C30H26ClFN6O/c1-18-17-38(13-12-33-18)29(39)19-6-9-22(10-7-19)36-30-35-16-20-15-34-28(24-4-2-3-5-26(24)32)25-14-21(31)8-11-23(25)27(20)37-30/h2-11,14,16,18,33H,12-13,15,17H2,1H3,(H,35,36,37). The van der Waals surface area contributed by atoms with Crippen LogP contribution in [0.25, 0.3) is 11.3 Å². The third-order valence-electron chi connectivity index (χ3n) is 6.94. The van der Waals surface area contributed by atoms with Gasteiger partial charge in [0.25, 0.3) is 5.91 Å². The van der Waals surface area contributed by atoms with Crippen molar-refractivity contribution < 1.29 is 9.18 Å². The molecule has 1 unspecified atom stereocenters. The number of carbonyl (C=O) groups excluding carboxylic acids is 1. The third-order valence-corrected chi connectivity index (χ3v) is 7.17. The molecule has 3 aromatic carbocycles. The zero-order chi connectivity index (χ0) is 26.9. The van der Waals surface area contributed by atoms with Crippen LogP contribution in [-0.2, 0) is 6.54 Å². The molecule has 0 spiro atoms. The highest BCUT2D eigenvalue weighted by Crippen LogP contribution is 2.34. The minimum absolute atomic E-state index is 0.0251. The van der Waals surface area contributed by atoms with E-state index in [0.29, 0.717) is 58.7 Å². The summed E-state index contributed by atoms with van der Waals surface area (Å²) in [7, 11) is 0. The number of nitrogens with zero attached hydrogens (tertiary/aromatic N) is 4. The molecule has 9 heteroatoms. The third kappa shape index (κ3) is 5.13. The predicted octanol–water partition coefficient (Wildman–Crippen LogP) is 5.46. The number of carbonyl (C=O) groups is 1. The first-order chi connectivity index (χ1) is 19.0. The van der Waals surface area contributed by atoms with Crippen LogP contribution in [-0.4, -0.2) is 52.2 Å². The van der Waals surface area contributed by atoms with Crippen LogP contribution in [0, 0.1) is 5.82 Å². The number of halogens is 2. The van der Waals surface area contributed by atoms with E-state index in [0.717, 1.165) is 23.4 Å². The summed E-state index contributed by atoms with van der Waals surface area (Å²) in [5.74, 6) is 0.0751. The lowest BCUT2D eigenvalue weighted by atomic mass is 9.95. The van der Waals surface area contributed by atoms with Gasteiger partial charge in [-0.25, -0.2) is 14.4 Å². The molecular weight excluding hydrogens is 515 g/mol. The number of hydrogen-bond donors (Lipinski definition) is 2. The van der Waals surface area contributed by atoms with Crippen LogP contribution < -0.4 is 10.6 Å². The molecule has 1 amide bonds. The first-order valence-electron chi connectivity index (χ1n) is 12.8. The molecule has 7 nitrogen and oxygen atoms in total. The van der Waals surface area contributed by atoms with Gasteiger partial charge in [0.2, 0.25) is 5.95 Å². The second-order valence-electron chi connectivity index (χ2n) is 9.71. The van der Waals surface area contributed by atoms with Crippen molar-refractivity contribution in [3.8, 4) is 11.3 Å². The summed E-state index contributed by atoms with van der Waals surface area (Å²) in [6.07, 6.45) is 1.74. The maximum atomic E-state index is 14.8. The van der Waals surface area contributed by atoms with Gasteiger partial charge in [-0.1, -0.05) is 29.8 Å². The Morgan fingerprint density at radius 1 is 1.08 bits per heavy atom. The highest BCUT2D eigenvalue weighted by atomic mass is 35.5. The van der Waals surface area contributed by atoms with E-state index >= 15 is 0 Å². The summed E-state index contributed by atoms with van der Waals surface area (Å²) in [6, 6.07) is 19.6. The normalized spacial score (nSPS) is 16.5. The number of nitrogens with one attached hydrogen (secondary N) is 2. The monoisotopic (exact) mass is 540 g/mol. The van der Waals surface area contributed by atoms with Crippen molar-refractivity contribution in [2.45, 2.75) is 19.5 Å². The summed E-state index contributed by atoms with van der Waals surface area (Å²) in [4.78, 5) is 28.8. The first kappa shape index (κ1) is 25.2. The number of aliphatic imine (C=N–C) groups is 1. The van der Waals surface area contributed by atoms with Crippen LogP contribution in [0.5, 0.6) is 0 Å². The summed E-state index contributed by atoms with van der Waals surface area (Å²) >= 11 is 6.36. The first-order valence-corrected chi connectivity index (χ1v) is 13.2. The van der Waals surface area contributed by atoms with E-state index in [4.69, 9.17) is 21.6 Å². The number of benzene rings is 3. The zero-order valence-corrected chi connectivity index (χ0v) is 22.0. The van der Waals surface area contributed by atoms with Crippen molar-refractivity contribution in [1.82, 2.24) is 20.2 Å². The quantitative estimate of drug-likeness (QED) is 0.359. The lowest BCUT2D eigenvalue weighted by Gasteiger charge is -2.32. The smallest absolute Gasteiger partial charge is 0.253 e. The van der Waals surface area contributed by atoms with Crippen molar-refractivity contribution in [1.29, 1.82) is 0 Å². The maximum Gasteiger partial charge on any atom is 0.253 e. The lowest BCUT2D eigenvalue weighted by Crippen LogP contribution is -2.51. The van der Waals surface area contributed by atoms with Gasteiger partial charge in [-0.2, -0.15) is 0 Å². The number of fused-ring (bicyclic) bond motifs is 3. The number of piperazine rings is 1. The van der Waals surface area contributed by atoms with Gasteiger partial charge >= 0.3 is 0 Å². The fourth-order valence-electron chi connectivity index (χ4n) is 4.99. The Labute approximate surface area is 230 Å². The lowest BCUT2D eigenvalue weighted by molar-refractivity contribution is 0.0709. The molecule has 0 aliphatic carbocycles. The van der Waals surface area contributed by atoms with E-state index in [2.05, 4.69) is 22.5 Å². The zero-order valence-electron chi connectivity index (χ0n) is 21.3. The molecule has 1 aromatic heterocycles. The summed E-state index contributed by atoms with van der Waals surface area (Å²) in [6.45, 7) is 4.56. The van der Waals surface area contributed by atoms with Crippen molar-refractivity contribution in [2.24, 2.45) is 4.99 Å². The number of anilines is 2. The molecular formula is C30H26ClFN6O. The fraction of sp³-hybridized carbons (Fsp3) is 0.200. The molecule has 196 valence electrons. The van der Waals surface area contributed by atoms with E-state index in [1.54, 1.807) is 36.5 Å². The molecule has 2 N–H and O–H groups in total. The second-order valence-corrected chi connectivity index (χ2v) is 10.1. The van der Waals surface area contributed by atoms with E-state index in [9.17, 15) is 9.18 Å². The van der Waals surface area contributed by atoms with E-state index < -0.39 is 0 Å². The van der Waals surface area contributed by atoms with Crippen LogP contribution in [0.1, 0.15) is 34.0 Å². The Hall–Kier alpha value is -4.14. The van der Waals surface area contributed by atoms with Crippen LogP contribution >= 0.6 is 11.6 Å². The highest BCUT2D eigenvalue weighted by Gasteiger charge is 2.24. The van der Waals surface area contributed by atoms with Gasteiger partial charge in [0, 0.05) is 70.4 Å². The summed E-state index contributed by atoms with van der Waals surface area (Å²) in [5.41, 5.74) is 5.36. The van der Waals surface area contributed by atoms with Crippen LogP contribution in [0.3, 0.4) is 0 Å². The van der Waals surface area contributed by atoms with Crippen molar-refractivity contribution in [2.75, 3.05) is 25.0 Å². The molecule has 6 rings (SSSR count). The predicted molar refractivity (Wildman–Crippen MR) is 151 cm³/mol. The Balaban J connectivity index is 1.28. The molecule has 3 heterocycles. The van der Waals surface area contributed by atoms with Crippen molar-refractivity contribution in [3.63, 3.8) is 0 Å². The molecule has 2 aliphatic rings. The van der Waals surface area contributed by atoms with Gasteiger partial charge in [-0.05, 0) is 55.5 Å². The van der Waals surface area contributed by atoms with Crippen LogP contribution in [0.2, 0.25) is 5.02 Å². The Kier molecular flexibility index (Phi) is 6.81. The van der Waals surface area contributed by atoms with E-state index in [-0.39, 0.29) is 17.8 Å². The van der Waals surface area contributed by atoms with E-state index in [1.807, 2.05) is 35.2 Å². The molecule has 0 saturated carbocycles. The number of hydrogen-bond acceptors (Lipinski definition) is 6. The van der Waals surface area contributed by atoms with Gasteiger partial charge in [0.15, 0.2) is 0 Å². The molecule has 1 fully saturated rings. The average Bonchev–Trinajstić information content (AvgIpc) is 3.10. The van der Waals surface area contributed by atoms with Gasteiger partial charge in [-0.3, -0.25) is 9.79 Å². The Morgan fingerprint density at radius 2 is 1.90 bits per heavy atom. The Morgan fingerprint density at radius 3 is 2.69 bits per heavy atom. The topological polar surface area (TPSA) is 82.5 Å². The van der Waals surface area contributed by atoms with Crippen LogP contribution in [0.4, 0.5) is 16.0 Å². The van der Waals surface area contributed by atoms with Gasteiger partial charge in [-0.15, -0.1) is 0 Å². The van der Waals surface area contributed by atoms with Crippen LogP contribution in [0.15, 0.2) is 77.9 Å². The number of aromatic nitrogens is 2. The largest absolute Gasteiger partial charge is 0.336 e. The highest BCUT2D eigenvalue weighted by molar-refractivity contribution is 6.31. The van der Waals surface area contributed by atoms with Gasteiger partial charge in [0.05, 0.1) is 18.0 Å². The summed E-state index contributed by atoms with van der Waals surface area (Å²) in [5, 5.41) is 7.12. The fourth-order valence-corrected chi connectivity index (χ4v) is 5.16. The molecule has 1 saturated heterocycles.